The van der Waals surface area contributed by atoms with Crippen molar-refractivity contribution in [2.75, 3.05) is 27.2 Å². The molecule has 12 heteroatoms. The molecular weight excluding hydrogens is 571 g/mol. The highest BCUT2D eigenvalue weighted by atomic mass is 32.2. The van der Waals surface area contributed by atoms with Crippen LogP contribution < -0.4 is 14.8 Å². The molecule has 0 aliphatic carbocycles. The summed E-state index contributed by atoms with van der Waals surface area (Å²) in [5.74, 6) is -1.99. The van der Waals surface area contributed by atoms with E-state index in [1.807, 2.05) is 55.5 Å². The minimum atomic E-state index is -5.08. The molecule has 1 aliphatic rings. The topological polar surface area (TPSA) is 108 Å². The highest BCUT2D eigenvalue weighted by molar-refractivity contribution is 7.89. The number of hydrogen-bond acceptors (Lipinski definition) is 6. The van der Waals surface area contributed by atoms with Gasteiger partial charge in [0.2, 0.25) is 10.0 Å². The van der Waals surface area contributed by atoms with E-state index in [1.54, 1.807) is 13.2 Å². The van der Waals surface area contributed by atoms with E-state index in [9.17, 15) is 21.6 Å². The van der Waals surface area contributed by atoms with Gasteiger partial charge in [-0.15, -0.1) is 0 Å². The Morgan fingerprint density at radius 3 is 2.21 bits per heavy atom. The van der Waals surface area contributed by atoms with Crippen molar-refractivity contribution >= 4 is 16.0 Å². The van der Waals surface area contributed by atoms with E-state index in [1.165, 1.54) is 5.56 Å². The molecule has 0 radical (unpaired) electrons. The third kappa shape index (κ3) is 9.55. The number of halogens is 3. The monoisotopic (exact) mass is 607 g/mol. The maximum atomic E-state index is 13.0. The molecule has 0 unspecified atom stereocenters. The van der Waals surface area contributed by atoms with Gasteiger partial charge in [0.05, 0.1) is 12.0 Å². The second kappa shape index (κ2) is 14.6. The van der Waals surface area contributed by atoms with E-state index < -0.39 is 22.2 Å². The van der Waals surface area contributed by atoms with Crippen LogP contribution in [0.4, 0.5) is 13.2 Å². The minimum absolute atomic E-state index is 0.254. The van der Waals surface area contributed by atoms with Gasteiger partial charge < -0.3 is 20.1 Å². The number of aliphatic carboxylic acids is 1. The standard InChI is InChI=1S/C28H35N3O3S.C2HF3O2/c1-21-17-24(10-12-28(21)35(32,33)30-20-22-7-5-4-6-8-22)26-18-23(9-11-27(26)34-3)19-29-25-13-15-31(2)16-14-25;3-2(4,5)1(6)7/h4-12,17-18,25,29-30H,13-16,19-20H2,1-3H3;(H,6,7). The summed E-state index contributed by atoms with van der Waals surface area (Å²) in [6.45, 7) is 5.13. The summed E-state index contributed by atoms with van der Waals surface area (Å²) in [4.78, 5) is 11.6. The summed E-state index contributed by atoms with van der Waals surface area (Å²) < 4.78 is 66.0. The number of likely N-dealkylation sites (tertiary alicyclic amines) is 1. The van der Waals surface area contributed by atoms with Crippen LogP contribution in [0.1, 0.15) is 29.5 Å². The molecule has 3 aromatic rings. The first-order chi connectivity index (χ1) is 19.8. The summed E-state index contributed by atoms with van der Waals surface area (Å²) in [6.07, 6.45) is -2.76. The summed E-state index contributed by atoms with van der Waals surface area (Å²) in [5.41, 5.74) is 4.68. The van der Waals surface area contributed by atoms with Crippen molar-refractivity contribution in [3.8, 4) is 16.9 Å². The number of aryl methyl sites for hydroxylation is 1. The van der Waals surface area contributed by atoms with Gasteiger partial charge in [0.25, 0.3) is 0 Å². The lowest BCUT2D eigenvalue weighted by Gasteiger charge is -2.29. The number of nitrogens with one attached hydrogen (secondary N) is 2. The Labute approximate surface area is 244 Å². The van der Waals surface area contributed by atoms with Crippen molar-refractivity contribution in [2.45, 2.75) is 50.0 Å². The number of alkyl halides is 3. The first-order valence-electron chi connectivity index (χ1n) is 13.3. The molecule has 228 valence electrons. The number of nitrogens with zero attached hydrogens (tertiary/aromatic N) is 1. The van der Waals surface area contributed by atoms with Crippen molar-refractivity contribution in [2.24, 2.45) is 0 Å². The fraction of sp³-hybridized carbons (Fsp3) is 0.367. The minimum Gasteiger partial charge on any atom is -0.496 e. The number of carboxylic acids is 1. The van der Waals surface area contributed by atoms with E-state index in [0.29, 0.717) is 11.6 Å². The number of methoxy groups -OCH3 is 1. The Bertz CT molecular complexity index is 1440. The van der Waals surface area contributed by atoms with Gasteiger partial charge in [-0.2, -0.15) is 13.2 Å². The molecule has 0 amide bonds. The molecular formula is C30H36F3N3O5S. The Kier molecular flexibility index (Phi) is 11.5. The Balaban J connectivity index is 0.000000616. The van der Waals surface area contributed by atoms with E-state index in [4.69, 9.17) is 14.6 Å². The van der Waals surface area contributed by atoms with Crippen molar-refractivity contribution in [3.05, 3.63) is 83.4 Å². The summed E-state index contributed by atoms with van der Waals surface area (Å²) in [7, 11) is 0.200. The summed E-state index contributed by atoms with van der Waals surface area (Å²) in [6, 6.07) is 21.7. The van der Waals surface area contributed by atoms with Crippen molar-refractivity contribution in [3.63, 3.8) is 0 Å². The predicted octanol–water partition coefficient (Wildman–Crippen LogP) is 4.97. The van der Waals surface area contributed by atoms with Crippen LogP contribution >= 0.6 is 0 Å². The predicted molar refractivity (Wildman–Crippen MR) is 155 cm³/mol. The van der Waals surface area contributed by atoms with Gasteiger partial charge in [-0.25, -0.2) is 17.9 Å². The van der Waals surface area contributed by atoms with E-state index in [2.05, 4.69) is 34.1 Å². The first-order valence-corrected chi connectivity index (χ1v) is 14.8. The highest BCUT2D eigenvalue weighted by Gasteiger charge is 2.38. The van der Waals surface area contributed by atoms with Crippen molar-refractivity contribution < 1.29 is 36.2 Å². The van der Waals surface area contributed by atoms with Gasteiger partial charge in [0, 0.05) is 24.7 Å². The van der Waals surface area contributed by atoms with Crippen LogP contribution in [0.2, 0.25) is 0 Å². The van der Waals surface area contributed by atoms with Gasteiger partial charge in [-0.05, 0) is 86.4 Å². The van der Waals surface area contributed by atoms with Gasteiger partial charge >= 0.3 is 12.1 Å². The van der Waals surface area contributed by atoms with Crippen LogP contribution in [-0.2, 0) is 27.9 Å². The largest absolute Gasteiger partial charge is 0.496 e. The van der Waals surface area contributed by atoms with Crippen LogP contribution in [0.15, 0.2) is 71.6 Å². The van der Waals surface area contributed by atoms with Crippen LogP contribution in [0, 0.1) is 6.92 Å². The lowest BCUT2D eigenvalue weighted by Crippen LogP contribution is -2.40. The Morgan fingerprint density at radius 2 is 1.64 bits per heavy atom. The van der Waals surface area contributed by atoms with Gasteiger partial charge in [0.15, 0.2) is 0 Å². The zero-order valence-electron chi connectivity index (χ0n) is 23.7. The number of sulfonamides is 1. The number of benzene rings is 3. The fourth-order valence-electron chi connectivity index (χ4n) is 4.54. The maximum Gasteiger partial charge on any atom is 0.490 e. The van der Waals surface area contributed by atoms with Crippen LogP contribution in [-0.4, -0.2) is 63.9 Å². The van der Waals surface area contributed by atoms with Crippen LogP contribution in [0.25, 0.3) is 11.1 Å². The van der Waals surface area contributed by atoms with Gasteiger partial charge in [-0.1, -0.05) is 42.5 Å². The first kappa shape index (κ1) is 33.1. The molecule has 1 saturated heterocycles. The fourth-order valence-corrected chi connectivity index (χ4v) is 5.78. The molecule has 1 heterocycles. The zero-order valence-corrected chi connectivity index (χ0v) is 24.6. The number of carbonyl (C=O) groups is 1. The van der Waals surface area contributed by atoms with E-state index in [0.717, 1.165) is 54.9 Å². The second-order valence-corrected chi connectivity index (χ2v) is 11.8. The van der Waals surface area contributed by atoms with E-state index in [-0.39, 0.29) is 11.4 Å². The number of carboxylic acid groups (broad SMARTS) is 1. The smallest absolute Gasteiger partial charge is 0.490 e. The van der Waals surface area contributed by atoms with Crippen molar-refractivity contribution in [1.29, 1.82) is 0 Å². The number of rotatable bonds is 9. The molecule has 0 aromatic heterocycles. The SMILES string of the molecule is COc1ccc(CNC2CCN(C)CC2)cc1-c1ccc(S(=O)(=O)NCc2ccccc2)c(C)c1.O=C(O)C(F)(F)F. The molecule has 1 aliphatic heterocycles. The van der Waals surface area contributed by atoms with Crippen LogP contribution in [0.5, 0.6) is 5.75 Å². The zero-order chi connectivity index (χ0) is 30.9. The quantitative estimate of drug-likeness (QED) is 0.316. The molecule has 1 fully saturated rings. The number of piperidine rings is 1. The van der Waals surface area contributed by atoms with Crippen molar-refractivity contribution in [1.82, 2.24) is 14.9 Å². The normalized spacial score (nSPS) is 14.6. The Morgan fingerprint density at radius 1 is 1.00 bits per heavy atom. The maximum absolute atomic E-state index is 13.0. The molecule has 0 bridgehead atoms. The summed E-state index contributed by atoms with van der Waals surface area (Å²) in [5, 5.41) is 10.8. The van der Waals surface area contributed by atoms with Gasteiger partial charge in [-0.3, -0.25) is 0 Å². The average Bonchev–Trinajstić information content (AvgIpc) is 2.96. The molecule has 4 rings (SSSR count). The summed E-state index contributed by atoms with van der Waals surface area (Å²) >= 11 is 0. The third-order valence-electron chi connectivity index (χ3n) is 6.90. The molecule has 0 spiro atoms. The third-order valence-corrected chi connectivity index (χ3v) is 8.47. The Hall–Kier alpha value is -3.45. The molecule has 0 atom stereocenters. The molecule has 0 saturated carbocycles. The molecule has 42 heavy (non-hydrogen) atoms. The molecule has 3 aromatic carbocycles. The molecule has 3 N–H and O–H groups in total. The van der Waals surface area contributed by atoms with E-state index >= 15 is 0 Å². The number of hydrogen-bond donors (Lipinski definition) is 3. The highest BCUT2D eigenvalue weighted by Crippen LogP contribution is 2.33. The lowest BCUT2D eigenvalue weighted by molar-refractivity contribution is -0.192. The second-order valence-electron chi connectivity index (χ2n) is 10.1. The lowest BCUT2D eigenvalue weighted by atomic mass is 9.99. The number of ether oxygens (including phenoxy) is 1. The molecule has 8 nitrogen and oxygen atoms in total. The average molecular weight is 608 g/mol. The van der Waals surface area contributed by atoms with Crippen LogP contribution in [0.3, 0.4) is 0 Å². The van der Waals surface area contributed by atoms with Gasteiger partial charge in [0.1, 0.15) is 5.75 Å².